The summed E-state index contributed by atoms with van der Waals surface area (Å²) in [5, 5.41) is 7.80. The first-order valence-electron chi connectivity index (χ1n) is 6.89. The van der Waals surface area contributed by atoms with Crippen LogP contribution in [0.2, 0.25) is 0 Å². The van der Waals surface area contributed by atoms with Gasteiger partial charge in [-0.15, -0.1) is 11.3 Å². The van der Waals surface area contributed by atoms with Crippen LogP contribution in [-0.2, 0) is 12.7 Å². The molecule has 0 saturated heterocycles. The van der Waals surface area contributed by atoms with Gasteiger partial charge in [0.2, 0.25) is 0 Å². The number of carbonyl (C=O) groups is 1. The van der Waals surface area contributed by atoms with Crippen molar-refractivity contribution in [2.45, 2.75) is 32.6 Å². The molecule has 0 aliphatic carbocycles. The topological polar surface area (TPSA) is 54.0 Å². The van der Waals surface area contributed by atoms with E-state index >= 15 is 0 Å². The van der Waals surface area contributed by atoms with E-state index in [9.17, 15) is 18.0 Å². The molecule has 1 heterocycles. The smallest absolute Gasteiger partial charge is 0.332 e. The van der Waals surface area contributed by atoms with Crippen molar-refractivity contribution in [3.8, 4) is 0 Å². The number of alkyl halides is 3. The molecule has 2 amide bonds. The van der Waals surface area contributed by atoms with Crippen molar-refractivity contribution < 1.29 is 18.0 Å². The normalized spacial score (nSPS) is 12.7. The number of aromatic nitrogens is 1. The maximum absolute atomic E-state index is 13.0. The van der Waals surface area contributed by atoms with E-state index in [0.29, 0.717) is 5.69 Å². The van der Waals surface area contributed by atoms with Gasteiger partial charge in [0, 0.05) is 5.38 Å². The van der Waals surface area contributed by atoms with Crippen LogP contribution in [0.3, 0.4) is 0 Å². The second-order valence-corrected chi connectivity index (χ2v) is 6.05. The van der Waals surface area contributed by atoms with E-state index in [1.165, 1.54) is 36.5 Å². The van der Waals surface area contributed by atoms with Crippen molar-refractivity contribution >= 4 is 17.4 Å². The van der Waals surface area contributed by atoms with Gasteiger partial charge in [-0.25, -0.2) is 9.78 Å². The predicted molar refractivity (Wildman–Crippen MR) is 82.1 cm³/mol. The van der Waals surface area contributed by atoms with Crippen LogP contribution < -0.4 is 10.6 Å². The number of aryl methyl sites for hydroxylation is 1. The Bertz CT molecular complexity index is 685. The summed E-state index contributed by atoms with van der Waals surface area (Å²) in [5.74, 6) is 0. The number of nitrogens with one attached hydrogen (secondary N) is 2. The number of nitrogens with zero attached hydrogens (tertiary/aromatic N) is 1. The molecule has 0 fully saturated rings. The van der Waals surface area contributed by atoms with Gasteiger partial charge < -0.3 is 10.6 Å². The summed E-state index contributed by atoms with van der Waals surface area (Å²) in [6.07, 6.45) is -4.46. The molecule has 2 N–H and O–H groups in total. The minimum Gasteiger partial charge on any atom is -0.332 e. The summed E-state index contributed by atoms with van der Waals surface area (Å²) in [6.45, 7) is 3.59. The summed E-state index contributed by atoms with van der Waals surface area (Å²) in [4.78, 5) is 16.0. The lowest BCUT2D eigenvalue weighted by Gasteiger charge is -2.19. The fourth-order valence-corrected chi connectivity index (χ4v) is 2.73. The number of thiazole rings is 1. The number of benzene rings is 1. The molecular weight excluding hydrogens is 327 g/mol. The third kappa shape index (κ3) is 4.69. The Morgan fingerprint density at radius 2 is 2.04 bits per heavy atom. The van der Waals surface area contributed by atoms with Crippen LogP contribution in [0.4, 0.5) is 18.0 Å². The maximum Gasteiger partial charge on any atom is 0.416 e. The average molecular weight is 343 g/mol. The van der Waals surface area contributed by atoms with Gasteiger partial charge in [-0.3, -0.25) is 0 Å². The number of urea groups is 1. The summed E-state index contributed by atoms with van der Waals surface area (Å²) in [7, 11) is 0. The Hall–Kier alpha value is -2.09. The molecule has 0 saturated carbocycles. The lowest BCUT2D eigenvalue weighted by atomic mass is 10.0. The summed E-state index contributed by atoms with van der Waals surface area (Å²) in [5.41, 5.74) is -0.00595. The molecule has 0 aliphatic heterocycles. The van der Waals surface area contributed by atoms with E-state index in [0.717, 1.165) is 11.1 Å². The zero-order valence-corrected chi connectivity index (χ0v) is 13.4. The van der Waals surface area contributed by atoms with Gasteiger partial charge >= 0.3 is 12.2 Å². The van der Waals surface area contributed by atoms with Gasteiger partial charge in [0.1, 0.15) is 0 Å². The summed E-state index contributed by atoms with van der Waals surface area (Å²) >= 11 is 1.46. The standard InChI is InChI=1S/C15H16F3N3OS/c1-9(12-5-3-4-6-13(12)15(16,17)18)20-14(22)19-7-11-8-23-10(2)21-11/h3-6,8-9H,7H2,1-2H3,(H2,19,20,22)/t9-/m0/s1. The average Bonchev–Trinajstić information content (AvgIpc) is 2.90. The number of amides is 2. The highest BCUT2D eigenvalue weighted by Gasteiger charge is 2.34. The minimum atomic E-state index is -4.46. The molecular formula is C15H16F3N3OS. The molecule has 0 radical (unpaired) electrons. The first kappa shape index (κ1) is 17.3. The molecule has 1 atom stereocenters. The Labute approximate surface area is 135 Å². The molecule has 1 aromatic carbocycles. The number of hydrogen-bond donors (Lipinski definition) is 2. The second-order valence-electron chi connectivity index (χ2n) is 4.99. The van der Waals surface area contributed by atoms with Gasteiger partial charge in [0.25, 0.3) is 0 Å². The van der Waals surface area contributed by atoms with Crippen LogP contribution in [0.25, 0.3) is 0 Å². The number of hydrogen-bond acceptors (Lipinski definition) is 3. The number of halogens is 3. The zero-order chi connectivity index (χ0) is 17.0. The van der Waals surface area contributed by atoms with Crippen molar-refractivity contribution in [2.24, 2.45) is 0 Å². The highest BCUT2D eigenvalue weighted by molar-refractivity contribution is 7.09. The molecule has 4 nitrogen and oxygen atoms in total. The molecule has 2 aromatic rings. The molecule has 23 heavy (non-hydrogen) atoms. The molecule has 0 unspecified atom stereocenters. The quantitative estimate of drug-likeness (QED) is 0.881. The van der Waals surface area contributed by atoms with Gasteiger partial charge in [0.05, 0.1) is 28.9 Å². The first-order valence-corrected chi connectivity index (χ1v) is 7.77. The SMILES string of the molecule is Cc1nc(CNC(=O)N[C@@H](C)c2ccccc2C(F)(F)F)cs1. The summed E-state index contributed by atoms with van der Waals surface area (Å²) in [6, 6.07) is 3.88. The fraction of sp³-hybridized carbons (Fsp3) is 0.333. The highest BCUT2D eigenvalue weighted by atomic mass is 32.1. The minimum absolute atomic E-state index is 0.0275. The lowest BCUT2D eigenvalue weighted by Crippen LogP contribution is -2.37. The number of rotatable bonds is 4. The Balaban J connectivity index is 1.99. The van der Waals surface area contributed by atoms with E-state index in [1.54, 1.807) is 0 Å². The van der Waals surface area contributed by atoms with Crippen LogP contribution in [0, 0.1) is 6.92 Å². The van der Waals surface area contributed by atoms with E-state index in [-0.39, 0.29) is 12.1 Å². The molecule has 8 heteroatoms. The van der Waals surface area contributed by atoms with Crippen molar-refractivity contribution in [2.75, 3.05) is 0 Å². The first-order chi connectivity index (χ1) is 10.8. The van der Waals surface area contributed by atoms with Crippen LogP contribution in [0.5, 0.6) is 0 Å². The largest absolute Gasteiger partial charge is 0.416 e. The molecule has 0 aliphatic rings. The molecule has 1 aromatic heterocycles. The Morgan fingerprint density at radius 1 is 1.35 bits per heavy atom. The van der Waals surface area contributed by atoms with Crippen molar-refractivity contribution in [1.29, 1.82) is 0 Å². The highest BCUT2D eigenvalue weighted by Crippen LogP contribution is 2.34. The molecule has 2 rings (SSSR count). The van der Waals surface area contributed by atoms with Crippen molar-refractivity contribution in [3.63, 3.8) is 0 Å². The maximum atomic E-state index is 13.0. The lowest BCUT2D eigenvalue weighted by molar-refractivity contribution is -0.138. The molecule has 0 bridgehead atoms. The second kappa shape index (κ2) is 6.99. The van der Waals surface area contributed by atoms with Crippen LogP contribution in [0.1, 0.15) is 34.8 Å². The Morgan fingerprint density at radius 3 is 2.65 bits per heavy atom. The van der Waals surface area contributed by atoms with Gasteiger partial charge in [-0.05, 0) is 25.5 Å². The number of carbonyl (C=O) groups excluding carboxylic acids is 1. The van der Waals surface area contributed by atoms with E-state index < -0.39 is 23.8 Å². The molecule has 124 valence electrons. The van der Waals surface area contributed by atoms with Gasteiger partial charge in [-0.1, -0.05) is 18.2 Å². The monoisotopic (exact) mass is 343 g/mol. The van der Waals surface area contributed by atoms with E-state index in [1.807, 2.05) is 12.3 Å². The predicted octanol–water partition coefficient (Wildman–Crippen LogP) is 4.03. The van der Waals surface area contributed by atoms with E-state index in [2.05, 4.69) is 15.6 Å². The Kier molecular flexibility index (Phi) is 5.25. The van der Waals surface area contributed by atoms with Gasteiger partial charge in [0.15, 0.2) is 0 Å². The zero-order valence-electron chi connectivity index (χ0n) is 12.6. The third-order valence-electron chi connectivity index (χ3n) is 3.18. The molecule has 0 spiro atoms. The summed E-state index contributed by atoms with van der Waals surface area (Å²) < 4.78 is 38.9. The third-order valence-corrected chi connectivity index (χ3v) is 4.00. The van der Waals surface area contributed by atoms with Crippen LogP contribution in [0.15, 0.2) is 29.6 Å². The van der Waals surface area contributed by atoms with Gasteiger partial charge in [-0.2, -0.15) is 13.2 Å². The fourth-order valence-electron chi connectivity index (χ4n) is 2.12. The van der Waals surface area contributed by atoms with Crippen molar-refractivity contribution in [1.82, 2.24) is 15.6 Å². The van der Waals surface area contributed by atoms with Crippen LogP contribution in [-0.4, -0.2) is 11.0 Å². The van der Waals surface area contributed by atoms with Crippen molar-refractivity contribution in [3.05, 3.63) is 51.5 Å². The van der Waals surface area contributed by atoms with E-state index in [4.69, 9.17) is 0 Å². The van der Waals surface area contributed by atoms with Crippen LogP contribution >= 0.6 is 11.3 Å².